The topological polar surface area (TPSA) is 67.9 Å². The maximum Gasteiger partial charge on any atom is 0.410 e. The Hall–Kier alpha value is -3.12. The van der Waals surface area contributed by atoms with Gasteiger partial charge in [0.15, 0.2) is 0 Å². The molecule has 2 aliphatic heterocycles. The molecule has 0 saturated carbocycles. The van der Waals surface area contributed by atoms with Gasteiger partial charge in [0.25, 0.3) is 0 Å². The molecule has 6 nitrogen and oxygen atoms in total. The highest BCUT2D eigenvalue weighted by atomic mass is 16.6. The molecule has 2 heterocycles. The van der Waals surface area contributed by atoms with E-state index >= 15 is 0 Å². The number of hydrogen-bond donors (Lipinski definition) is 1. The highest BCUT2D eigenvalue weighted by molar-refractivity contribution is 5.78. The molecular weight excluding hydrogens is 512 g/mol. The Bertz CT molecular complexity index is 1230. The molecule has 2 saturated heterocycles. The molecule has 0 aromatic heterocycles. The average Bonchev–Trinajstić information content (AvgIpc) is 2.95. The molecular formula is C35H46N2O4. The van der Waals surface area contributed by atoms with Crippen LogP contribution in [0.25, 0.3) is 5.57 Å². The van der Waals surface area contributed by atoms with E-state index in [1.165, 1.54) is 22.3 Å². The number of carbonyl (C=O) groups is 2. The zero-order valence-corrected chi connectivity index (χ0v) is 25.0. The minimum atomic E-state index is -0.579. The van der Waals surface area contributed by atoms with Crippen molar-refractivity contribution in [3.63, 3.8) is 0 Å². The number of allylic oxidation sites excluding steroid dienone is 1. The lowest BCUT2D eigenvalue weighted by molar-refractivity contribution is -0.129. The predicted octanol–water partition coefficient (Wildman–Crippen LogP) is 6.86. The van der Waals surface area contributed by atoms with Crippen LogP contribution in [-0.4, -0.2) is 53.3 Å². The Labute approximate surface area is 245 Å². The molecule has 2 aromatic rings. The van der Waals surface area contributed by atoms with E-state index in [2.05, 4.69) is 66.0 Å². The number of carbonyl (C=O) groups excluding carboxylic acids is 2. The van der Waals surface area contributed by atoms with Crippen molar-refractivity contribution in [1.82, 2.24) is 10.2 Å². The highest BCUT2D eigenvalue weighted by Crippen LogP contribution is 2.37. The lowest BCUT2D eigenvalue weighted by Crippen LogP contribution is -2.69. The Morgan fingerprint density at radius 3 is 2.49 bits per heavy atom. The second kappa shape index (κ2) is 12.8. The molecule has 2 fully saturated rings. The Morgan fingerprint density at radius 1 is 1.00 bits per heavy atom. The van der Waals surface area contributed by atoms with Crippen LogP contribution >= 0.6 is 0 Å². The predicted molar refractivity (Wildman–Crippen MR) is 163 cm³/mol. The number of hydrogen-bond acceptors (Lipinski definition) is 4. The van der Waals surface area contributed by atoms with Gasteiger partial charge in [-0.3, -0.25) is 4.79 Å². The van der Waals surface area contributed by atoms with Gasteiger partial charge in [0.2, 0.25) is 5.91 Å². The van der Waals surface area contributed by atoms with Crippen LogP contribution < -0.4 is 5.32 Å². The molecule has 5 rings (SSSR count). The first-order chi connectivity index (χ1) is 19.7. The van der Waals surface area contributed by atoms with Crippen LogP contribution in [0.4, 0.5) is 4.79 Å². The third-order valence-corrected chi connectivity index (χ3v) is 8.82. The van der Waals surface area contributed by atoms with Crippen molar-refractivity contribution >= 4 is 17.6 Å². The minimum Gasteiger partial charge on any atom is -0.444 e. The monoisotopic (exact) mass is 558 g/mol. The summed E-state index contributed by atoms with van der Waals surface area (Å²) >= 11 is 0. The summed E-state index contributed by atoms with van der Waals surface area (Å²) in [5.74, 6) is 0.0726. The summed E-state index contributed by atoms with van der Waals surface area (Å²) in [5, 5.41) is 3.30. The van der Waals surface area contributed by atoms with Crippen molar-refractivity contribution in [3.05, 3.63) is 77.4 Å². The molecule has 3 unspecified atom stereocenters. The molecule has 0 radical (unpaired) electrons. The largest absolute Gasteiger partial charge is 0.444 e. The summed E-state index contributed by atoms with van der Waals surface area (Å²) in [5.41, 5.74) is 4.49. The molecule has 2 aromatic carbocycles. The summed E-state index contributed by atoms with van der Waals surface area (Å²) in [6, 6.07) is 19.2. The summed E-state index contributed by atoms with van der Waals surface area (Å²) in [4.78, 5) is 27.6. The smallest absolute Gasteiger partial charge is 0.410 e. The van der Waals surface area contributed by atoms with E-state index in [9.17, 15) is 9.59 Å². The van der Waals surface area contributed by atoms with Crippen LogP contribution in [0.3, 0.4) is 0 Å². The number of likely N-dealkylation sites (tertiary alicyclic amines) is 1. The first kappa shape index (κ1) is 29.4. The Morgan fingerprint density at radius 2 is 1.76 bits per heavy atom. The lowest BCUT2D eigenvalue weighted by atomic mass is 9.75. The molecule has 3 aliphatic rings. The van der Waals surface area contributed by atoms with Crippen LogP contribution in [0.5, 0.6) is 0 Å². The molecule has 0 bridgehead atoms. The van der Waals surface area contributed by atoms with Gasteiger partial charge in [0, 0.05) is 13.0 Å². The Kier molecular flexibility index (Phi) is 9.18. The van der Waals surface area contributed by atoms with Crippen LogP contribution in [0.2, 0.25) is 0 Å². The van der Waals surface area contributed by atoms with E-state index in [1.807, 2.05) is 25.7 Å². The molecule has 220 valence electrons. The summed E-state index contributed by atoms with van der Waals surface area (Å²) in [6.45, 7) is 6.70. The van der Waals surface area contributed by atoms with Gasteiger partial charge in [-0.2, -0.15) is 0 Å². The van der Waals surface area contributed by atoms with Gasteiger partial charge in [-0.05, 0) is 101 Å². The van der Waals surface area contributed by atoms with Gasteiger partial charge < -0.3 is 19.7 Å². The van der Waals surface area contributed by atoms with Crippen molar-refractivity contribution in [2.24, 2.45) is 0 Å². The first-order valence-electron chi connectivity index (χ1n) is 15.5. The van der Waals surface area contributed by atoms with Crippen LogP contribution in [0.1, 0.15) is 88.8 Å². The lowest BCUT2D eigenvalue weighted by Gasteiger charge is -2.52. The molecule has 41 heavy (non-hydrogen) atoms. The van der Waals surface area contributed by atoms with Crippen molar-refractivity contribution in [1.29, 1.82) is 0 Å². The van der Waals surface area contributed by atoms with E-state index in [1.54, 1.807) is 0 Å². The van der Waals surface area contributed by atoms with Gasteiger partial charge in [-0.1, -0.05) is 60.7 Å². The number of nitrogens with one attached hydrogen (secondary N) is 1. The maximum absolute atomic E-state index is 13.3. The fourth-order valence-electron chi connectivity index (χ4n) is 6.79. The van der Waals surface area contributed by atoms with Crippen LogP contribution in [0.15, 0.2) is 60.7 Å². The number of benzene rings is 2. The van der Waals surface area contributed by atoms with E-state index in [0.717, 1.165) is 57.8 Å². The standard InChI is InChI=1S/C35H46N2O4/c1-34(2,3)41-33(39)37-24-10-23-35(22-9-15-32(38)36-35)31(37)25-40-29-20-18-28(19-21-29)30-14-8-7-13-27(30)17-16-26-11-5-4-6-12-26/h4-8,11-14,18,29,31H,9-10,15-17,19-25H2,1-3H3,(H,36,38). The quantitative estimate of drug-likeness (QED) is 0.403. The van der Waals surface area contributed by atoms with E-state index < -0.39 is 11.1 Å². The van der Waals surface area contributed by atoms with Crippen molar-refractivity contribution in [2.45, 2.75) is 108 Å². The maximum atomic E-state index is 13.3. The molecule has 1 N–H and O–H groups in total. The number of piperidine rings is 2. The number of nitrogens with zero attached hydrogens (tertiary/aromatic N) is 1. The summed E-state index contributed by atoms with van der Waals surface area (Å²) in [6.07, 6.45) is 10.9. The molecule has 1 aliphatic carbocycles. The third kappa shape index (κ3) is 7.40. The van der Waals surface area contributed by atoms with Gasteiger partial charge in [0.1, 0.15) is 5.60 Å². The zero-order valence-electron chi connectivity index (χ0n) is 25.0. The van der Waals surface area contributed by atoms with Crippen LogP contribution in [-0.2, 0) is 27.1 Å². The number of aryl methyl sites for hydroxylation is 2. The fraction of sp³-hybridized carbons (Fsp3) is 0.543. The average molecular weight is 559 g/mol. The van der Waals surface area contributed by atoms with Crippen molar-refractivity contribution in [2.75, 3.05) is 13.2 Å². The first-order valence-corrected chi connectivity index (χ1v) is 15.5. The number of amides is 2. The normalized spacial score (nSPS) is 25.0. The summed E-state index contributed by atoms with van der Waals surface area (Å²) in [7, 11) is 0. The SMILES string of the molecule is CC(C)(C)OC(=O)N1CCCC2(CCCC(=O)N2)C1COC1CC=C(c2ccccc2CCc2ccccc2)CC1. The van der Waals surface area contributed by atoms with E-state index in [-0.39, 0.29) is 24.1 Å². The fourth-order valence-corrected chi connectivity index (χ4v) is 6.79. The third-order valence-electron chi connectivity index (χ3n) is 8.82. The van der Waals surface area contributed by atoms with Crippen LogP contribution in [0, 0.1) is 0 Å². The van der Waals surface area contributed by atoms with Crippen molar-refractivity contribution < 1.29 is 19.1 Å². The minimum absolute atomic E-state index is 0.0726. The van der Waals surface area contributed by atoms with Gasteiger partial charge >= 0.3 is 6.09 Å². The molecule has 1 spiro atoms. The van der Waals surface area contributed by atoms with Gasteiger partial charge in [-0.15, -0.1) is 0 Å². The second-order valence-electron chi connectivity index (χ2n) is 13.0. The Balaban J connectivity index is 1.25. The number of ether oxygens (including phenoxy) is 2. The zero-order chi connectivity index (χ0) is 28.9. The molecule has 2 amide bonds. The molecule has 3 atom stereocenters. The van der Waals surface area contributed by atoms with Gasteiger partial charge in [-0.25, -0.2) is 4.79 Å². The summed E-state index contributed by atoms with van der Waals surface area (Å²) < 4.78 is 12.4. The van der Waals surface area contributed by atoms with E-state index in [0.29, 0.717) is 19.6 Å². The highest BCUT2D eigenvalue weighted by Gasteiger charge is 2.49. The van der Waals surface area contributed by atoms with Crippen molar-refractivity contribution in [3.8, 4) is 0 Å². The van der Waals surface area contributed by atoms with E-state index in [4.69, 9.17) is 9.47 Å². The molecule has 6 heteroatoms. The van der Waals surface area contributed by atoms with Gasteiger partial charge in [0.05, 0.1) is 24.3 Å². The number of rotatable bonds is 7. The second-order valence-corrected chi connectivity index (χ2v) is 13.0.